The molecule has 2 rings (SSSR count). The third-order valence-corrected chi connectivity index (χ3v) is 3.46. The maximum Gasteiger partial charge on any atom is 0.272 e. The van der Waals surface area contributed by atoms with Crippen LogP contribution in [0, 0.1) is 11.3 Å². The van der Waals surface area contributed by atoms with Crippen molar-refractivity contribution in [1.29, 1.82) is 5.26 Å². The zero-order chi connectivity index (χ0) is 13.7. The SMILES string of the molecule is CCN(C(=O)c1ccc(C#N)cn1)C1CCNCC1. The van der Waals surface area contributed by atoms with Gasteiger partial charge in [0.1, 0.15) is 11.8 Å². The molecule has 1 aliphatic rings. The lowest BCUT2D eigenvalue weighted by atomic mass is 10.0. The lowest BCUT2D eigenvalue weighted by molar-refractivity contribution is 0.0650. The second-order valence-electron chi connectivity index (χ2n) is 4.62. The van der Waals surface area contributed by atoms with E-state index >= 15 is 0 Å². The second kappa shape index (κ2) is 6.30. The van der Waals surface area contributed by atoms with Crippen molar-refractivity contribution in [2.24, 2.45) is 0 Å². The van der Waals surface area contributed by atoms with E-state index in [1.54, 1.807) is 12.1 Å². The van der Waals surface area contributed by atoms with E-state index in [-0.39, 0.29) is 11.9 Å². The van der Waals surface area contributed by atoms with E-state index in [0.29, 0.717) is 17.8 Å². The van der Waals surface area contributed by atoms with E-state index in [4.69, 9.17) is 5.26 Å². The molecule has 5 nitrogen and oxygen atoms in total. The number of amides is 1. The molecule has 0 bridgehead atoms. The Morgan fingerprint density at radius 3 is 2.79 bits per heavy atom. The predicted molar refractivity (Wildman–Crippen MR) is 71.6 cm³/mol. The molecule has 0 atom stereocenters. The Balaban J connectivity index is 2.12. The summed E-state index contributed by atoms with van der Waals surface area (Å²) in [5, 5.41) is 12.0. The molecule has 0 aliphatic carbocycles. The number of nitrogens with one attached hydrogen (secondary N) is 1. The molecule has 100 valence electrons. The molecule has 1 aromatic rings. The lowest BCUT2D eigenvalue weighted by Crippen LogP contribution is -2.46. The van der Waals surface area contributed by atoms with Crippen molar-refractivity contribution in [2.45, 2.75) is 25.8 Å². The number of nitriles is 1. The van der Waals surface area contributed by atoms with Crippen LogP contribution in [0.4, 0.5) is 0 Å². The quantitative estimate of drug-likeness (QED) is 0.883. The maximum atomic E-state index is 12.4. The molecule has 1 aromatic heterocycles. The van der Waals surface area contributed by atoms with Crippen molar-refractivity contribution in [3.63, 3.8) is 0 Å². The topological polar surface area (TPSA) is 69.0 Å². The minimum atomic E-state index is -0.0427. The smallest absolute Gasteiger partial charge is 0.272 e. The van der Waals surface area contributed by atoms with Gasteiger partial charge in [0, 0.05) is 18.8 Å². The number of carbonyl (C=O) groups excluding carboxylic acids is 1. The minimum Gasteiger partial charge on any atom is -0.335 e. The number of nitrogens with zero attached hydrogens (tertiary/aromatic N) is 3. The molecular formula is C14H18N4O. The van der Waals surface area contributed by atoms with Gasteiger partial charge in [-0.15, -0.1) is 0 Å². The van der Waals surface area contributed by atoms with Crippen molar-refractivity contribution >= 4 is 5.91 Å². The summed E-state index contributed by atoms with van der Waals surface area (Å²) in [6, 6.07) is 5.56. The number of rotatable bonds is 3. The van der Waals surface area contributed by atoms with Gasteiger partial charge in [0.15, 0.2) is 0 Å². The predicted octanol–water partition coefficient (Wildman–Crippen LogP) is 1.17. The van der Waals surface area contributed by atoms with Gasteiger partial charge in [0.25, 0.3) is 5.91 Å². The van der Waals surface area contributed by atoms with Gasteiger partial charge in [-0.25, -0.2) is 4.98 Å². The fraction of sp³-hybridized carbons (Fsp3) is 0.500. The summed E-state index contributed by atoms with van der Waals surface area (Å²) in [7, 11) is 0. The van der Waals surface area contributed by atoms with Gasteiger partial charge in [-0.3, -0.25) is 4.79 Å². The second-order valence-corrected chi connectivity index (χ2v) is 4.62. The van der Waals surface area contributed by atoms with E-state index in [1.807, 2.05) is 17.9 Å². The van der Waals surface area contributed by atoms with Crippen molar-refractivity contribution < 1.29 is 4.79 Å². The number of hydrogen-bond acceptors (Lipinski definition) is 4. The summed E-state index contributed by atoms with van der Waals surface area (Å²) < 4.78 is 0. The third-order valence-electron chi connectivity index (χ3n) is 3.46. The fourth-order valence-corrected chi connectivity index (χ4v) is 2.42. The molecule has 0 spiro atoms. The highest BCUT2D eigenvalue weighted by atomic mass is 16.2. The van der Waals surface area contributed by atoms with Crippen LogP contribution >= 0.6 is 0 Å². The molecule has 2 heterocycles. The molecule has 1 aliphatic heterocycles. The largest absolute Gasteiger partial charge is 0.335 e. The van der Waals surface area contributed by atoms with Crippen molar-refractivity contribution in [1.82, 2.24) is 15.2 Å². The number of aromatic nitrogens is 1. The van der Waals surface area contributed by atoms with Crippen molar-refractivity contribution in [3.8, 4) is 6.07 Å². The minimum absolute atomic E-state index is 0.0427. The summed E-state index contributed by atoms with van der Waals surface area (Å²) >= 11 is 0. The molecule has 0 saturated carbocycles. The van der Waals surface area contributed by atoms with Crippen LogP contribution in [0.15, 0.2) is 18.3 Å². The van der Waals surface area contributed by atoms with Crippen molar-refractivity contribution in [3.05, 3.63) is 29.6 Å². The average molecular weight is 258 g/mol. The number of pyridine rings is 1. The zero-order valence-corrected chi connectivity index (χ0v) is 11.1. The molecule has 1 amide bonds. The first-order valence-corrected chi connectivity index (χ1v) is 6.64. The van der Waals surface area contributed by atoms with Gasteiger partial charge in [-0.2, -0.15) is 5.26 Å². The Kier molecular flexibility index (Phi) is 4.48. The first-order chi connectivity index (χ1) is 9.26. The van der Waals surface area contributed by atoms with Crippen LogP contribution in [0.3, 0.4) is 0 Å². The molecule has 0 radical (unpaired) electrons. The van der Waals surface area contributed by atoms with Gasteiger partial charge in [-0.1, -0.05) is 0 Å². The van der Waals surface area contributed by atoms with E-state index < -0.39 is 0 Å². The fourth-order valence-electron chi connectivity index (χ4n) is 2.42. The van der Waals surface area contributed by atoms with Crippen LogP contribution in [0.25, 0.3) is 0 Å². The van der Waals surface area contributed by atoms with Gasteiger partial charge in [-0.05, 0) is 45.0 Å². The number of hydrogen-bond donors (Lipinski definition) is 1. The van der Waals surface area contributed by atoms with Crippen LogP contribution in [0.2, 0.25) is 0 Å². The first-order valence-electron chi connectivity index (χ1n) is 6.64. The van der Waals surface area contributed by atoms with Crippen LogP contribution in [0.1, 0.15) is 35.8 Å². The van der Waals surface area contributed by atoms with Crippen LogP contribution in [-0.2, 0) is 0 Å². The summed E-state index contributed by atoms with van der Waals surface area (Å²) in [5.74, 6) is -0.0427. The van der Waals surface area contributed by atoms with E-state index in [1.165, 1.54) is 6.20 Å². The summed E-state index contributed by atoms with van der Waals surface area (Å²) in [6.45, 7) is 4.58. The third kappa shape index (κ3) is 3.09. The molecular weight excluding hydrogens is 240 g/mol. The van der Waals surface area contributed by atoms with E-state index in [9.17, 15) is 4.79 Å². The zero-order valence-electron chi connectivity index (χ0n) is 11.1. The van der Waals surface area contributed by atoms with Gasteiger partial charge < -0.3 is 10.2 Å². The highest BCUT2D eigenvalue weighted by molar-refractivity contribution is 5.92. The van der Waals surface area contributed by atoms with E-state index in [0.717, 1.165) is 25.9 Å². The molecule has 1 N–H and O–H groups in total. The molecule has 19 heavy (non-hydrogen) atoms. The van der Waals surface area contributed by atoms with Crippen LogP contribution in [-0.4, -0.2) is 41.5 Å². The van der Waals surface area contributed by atoms with Crippen LogP contribution in [0.5, 0.6) is 0 Å². The lowest BCUT2D eigenvalue weighted by Gasteiger charge is -2.33. The highest BCUT2D eigenvalue weighted by Crippen LogP contribution is 2.14. The Bertz CT molecular complexity index is 471. The van der Waals surface area contributed by atoms with Gasteiger partial charge >= 0.3 is 0 Å². The summed E-state index contributed by atoms with van der Waals surface area (Å²) in [6.07, 6.45) is 3.41. The van der Waals surface area contributed by atoms with E-state index in [2.05, 4.69) is 10.3 Å². The molecule has 5 heteroatoms. The summed E-state index contributed by atoms with van der Waals surface area (Å²) in [5.41, 5.74) is 0.890. The number of piperidine rings is 1. The van der Waals surface area contributed by atoms with Crippen molar-refractivity contribution in [2.75, 3.05) is 19.6 Å². The van der Waals surface area contributed by atoms with Gasteiger partial charge in [0.05, 0.1) is 5.56 Å². The maximum absolute atomic E-state index is 12.4. The highest BCUT2D eigenvalue weighted by Gasteiger charge is 2.25. The molecule has 1 saturated heterocycles. The molecule has 0 unspecified atom stereocenters. The Labute approximate surface area is 113 Å². The molecule has 1 fully saturated rings. The average Bonchev–Trinajstić information content (AvgIpc) is 2.49. The normalized spacial score (nSPS) is 15.8. The first kappa shape index (κ1) is 13.5. The molecule has 0 aromatic carbocycles. The van der Waals surface area contributed by atoms with Gasteiger partial charge in [0.2, 0.25) is 0 Å². The monoisotopic (exact) mass is 258 g/mol. The Hall–Kier alpha value is -1.93. The standard InChI is InChI=1S/C14H18N4O/c1-2-18(12-5-7-16-8-6-12)14(19)13-4-3-11(9-15)10-17-13/h3-4,10,12,16H,2,5-8H2,1H3. The Morgan fingerprint density at radius 1 is 1.53 bits per heavy atom. The van der Waals surface area contributed by atoms with Crippen LogP contribution < -0.4 is 5.32 Å². The summed E-state index contributed by atoms with van der Waals surface area (Å²) in [4.78, 5) is 18.4. The Morgan fingerprint density at radius 2 is 2.26 bits per heavy atom. The number of carbonyl (C=O) groups is 1.